The van der Waals surface area contributed by atoms with E-state index in [1.807, 2.05) is 35.2 Å². The highest BCUT2D eigenvalue weighted by molar-refractivity contribution is 5.91. The van der Waals surface area contributed by atoms with Crippen LogP contribution in [0.4, 0.5) is 10.5 Å². The molecule has 4 aromatic rings. The second-order valence-electron chi connectivity index (χ2n) is 7.98. The van der Waals surface area contributed by atoms with Crippen LogP contribution >= 0.6 is 0 Å². The van der Waals surface area contributed by atoms with Crippen LogP contribution in [0.2, 0.25) is 0 Å². The minimum Gasteiger partial charge on any atom is -0.497 e. The number of hydrogen-bond donors (Lipinski definition) is 2. The van der Waals surface area contributed by atoms with E-state index in [0.717, 1.165) is 28.9 Å². The molecule has 1 aromatic heterocycles. The van der Waals surface area contributed by atoms with Gasteiger partial charge < -0.3 is 19.9 Å². The number of para-hydroxylation sites is 1. The molecule has 0 bridgehead atoms. The summed E-state index contributed by atoms with van der Waals surface area (Å²) in [4.78, 5) is 18.9. The summed E-state index contributed by atoms with van der Waals surface area (Å²) in [6.07, 6.45) is 0.813. The Bertz CT molecular complexity index is 1240. The third-order valence-electron chi connectivity index (χ3n) is 6.01. The van der Waals surface area contributed by atoms with Gasteiger partial charge in [-0.15, -0.1) is 0 Å². The molecule has 2 heterocycles. The molecule has 1 unspecified atom stereocenters. The van der Waals surface area contributed by atoms with Crippen LogP contribution in [-0.2, 0) is 6.42 Å². The molecule has 2 N–H and O–H groups in total. The molecule has 1 atom stereocenters. The summed E-state index contributed by atoms with van der Waals surface area (Å²) < 4.78 is 5.29. The number of nitrogens with one attached hydrogen (secondary N) is 2. The Balaban J connectivity index is 1.55. The van der Waals surface area contributed by atoms with E-state index in [-0.39, 0.29) is 12.1 Å². The van der Waals surface area contributed by atoms with Gasteiger partial charge >= 0.3 is 6.03 Å². The Labute approximate surface area is 181 Å². The second-order valence-corrected chi connectivity index (χ2v) is 7.98. The van der Waals surface area contributed by atoms with Crippen LogP contribution in [0.5, 0.6) is 5.75 Å². The lowest BCUT2D eigenvalue weighted by molar-refractivity contribution is 0.193. The van der Waals surface area contributed by atoms with Gasteiger partial charge in [0.2, 0.25) is 0 Å². The number of rotatable bonds is 3. The van der Waals surface area contributed by atoms with Gasteiger partial charge in [0.25, 0.3) is 0 Å². The molecule has 0 saturated carbocycles. The lowest BCUT2D eigenvalue weighted by Crippen LogP contribution is -2.43. The first-order valence-electron chi connectivity index (χ1n) is 10.5. The molecule has 5 rings (SSSR count). The van der Waals surface area contributed by atoms with E-state index in [1.54, 1.807) is 7.11 Å². The average Bonchev–Trinajstić information content (AvgIpc) is 3.18. The fourth-order valence-corrected chi connectivity index (χ4v) is 4.45. The number of hydrogen-bond acceptors (Lipinski definition) is 2. The number of fused-ring (bicyclic) bond motifs is 3. The van der Waals surface area contributed by atoms with E-state index in [2.05, 4.69) is 59.7 Å². The molecule has 0 spiro atoms. The molecule has 31 heavy (non-hydrogen) atoms. The Kier molecular flexibility index (Phi) is 4.86. The van der Waals surface area contributed by atoms with Crippen molar-refractivity contribution in [3.05, 3.63) is 95.2 Å². The first-order chi connectivity index (χ1) is 15.1. The van der Waals surface area contributed by atoms with E-state index in [0.29, 0.717) is 12.3 Å². The van der Waals surface area contributed by atoms with E-state index >= 15 is 0 Å². The number of amides is 2. The fraction of sp³-hybridized carbons (Fsp3) is 0.192. The minimum atomic E-state index is -0.178. The molecule has 0 fully saturated rings. The zero-order chi connectivity index (χ0) is 21.4. The Morgan fingerprint density at radius 2 is 1.87 bits per heavy atom. The van der Waals surface area contributed by atoms with E-state index < -0.39 is 0 Å². The Morgan fingerprint density at radius 1 is 1.06 bits per heavy atom. The number of nitrogens with zero attached hydrogens (tertiary/aromatic N) is 1. The number of aromatic amines is 1. The molecule has 0 radical (unpaired) electrons. The zero-order valence-electron chi connectivity index (χ0n) is 17.7. The number of H-pyrrole nitrogens is 1. The Hall–Kier alpha value is -3.73. The van der Waals surface area contributed by atoms with Gasteiger partial charge in [-0.1, -0.05) is 54.1 Å². The maximum absolute atomic E-state index is 13.4. The van der Waals surface area contributed by atoms with Crippen molar-refractivity contribution in [2.24, 2.45) is 0 Å². The third-order valence-corrected chi connectivity index (χ3v) is 6.01. The lowest BCUT2D eigenvalue weighted by atomic mass is 9.92. The molecule has 3 aromatic carbocycles. The number of ether oxygens (including phenoxy) is 1. The van der Waals surface area contributed by atoms with Crippen molar-refractivity contribution in [1.82, 2.24) is 9.88 Å². The van der Waals surface area contributed by atoms with Gasteiger partial charge in [0.15, 0.2) is 0 Å². The fourth-order valence-electron chi connectivity index (χ4n) is 4.45. The summed E-state index contributed by atoms with van der Waals surface area (Å²) in [6, 6.07) is 23.9. The molecule has 5 heteroatoms. The highest BCUT2D eigenvalue weighted by Crippen LogP contribution is 2.38. The number of aromatic nitrogens is 1. The highest BCUT2D eigenvalue weighted by atomic mass is 16.5. The molecule has 1 aliphatic rings. The van der Waals surface area contributed by atoms with E-state index in [4.69, 9.17) is 4.74 Å². The van der Waals surface area contributed by atoms with Crippen molar-refractivity contribution in [3.63, 3.8) is 0 Å². The molecule has 0 saturated heterocycles. The quantitative estimate of drug-likeness (QED) is 0.457. The summed E-state index contributed by atoms with van der Waals surface area (Å²) in [5, 5.41) is 4.29. The summed E-state index contributed by atoms with van der Waals surface area (Å²) >= 11 is 0. The number of anilines is 1. The van der Waals surface area contributed by atoms with Gasteiger partial charge in [0.1, 0.15) is 5.75 Å². The molecule has 1 aliphatic heterocycles. The van der Waals surface area contributed by atoms with Crippen LogP contribution in [0.15, 0.2) is 72.8 Å². The maximum atomic E-state index is 13.4. The van der Waals surface area contributed by atoms with Gasteiger partial charge in [-0.05, 0) is 42.7 Å². The van der Waals surface area contributed by atoms with Gasteiger partial charge in [0, 0.05) is 34.9 Å². The number of urea groups is 1. The normalized spacial score (nSPS) is 15.5. The van der Waals surface area contributed by atoms with Crippen LogP contribution in [-0.4, -0.2) is 29.6 Å². The van der Waals surface area contributed by atoms with E-state index in [9.17, 15) is 4.79 Å². The monoisotopic (exact) mass is 411 g/mol. The smallest absolute Gasteiger partial charge is 0.322 e. The van der Waals surface area contributed by atoms with Crippen LogP contribution in [0.25, 0.3) is 10.9 Å². The van der Waals surface area contributed by atoms with Crippen molar-refractivity contribution >= 4 is 22.6 Å². The van der Waals surface area contributed by atoms with E-state index in [1.165, 1.54) is 16.5 Å². The van der Waals surface area contributed by atoms with Crippen molar-refractivity contribution in [3.8, 4) is 5.75 Å². The van der Waals surface area contributed by atoms with Crippen LogP contribution < -0.4 is 10.1 Å². The molecule has 0 aliphatic carbocycles. The number of aryl methyl sites for hydroxylation is 1. The predicted octanol–water partition coefficient (Wildman–Crippen LogP) is 5.66. The molecule has 5 nitrogen and oxygen atoms in total. The molecule has 2 amide bonds. The second kappa shape index (κ2) is 7.84. The molecular formula is C26H25N3O2. The average molecular weight is 412 g/mol. The SMILES string of the molecule is COc1cccc(NC(=O)N2CCc3c([nH]c4ccccc34)C2c2ccc(C)cc2)c1. The number of carbonyl (C=O) groups is 1. The topological polar surface area (TPSA) is 57.4 Å². The maximum Gasteiger partial charge on any atom is 0.322 e. The van der Waals surface area contributed by atoms with Crippen molar-refractivity contribution in [1.29, 1.82) is 0 Å². The standard InChI is InChI=1S/C26H25N3O2/c1-17-10-12-18(13-11-17)25-24-22(21-8-3-4-9-23(21)28-24)14-15-29(25)26(30)27-19-6-5-7-20(16-19)31-2/h3-13,16,25,28H,14-15H2,1-2H3,(H,27,30). The Morgan fingerprint density at radius 3 is 2.68 bits per heavy atom. The summed E-state index contributed by atoms with van der Waals surface area (Å²) in [5.74, 6) is 0.712. The molecular weight excluding hydrogens is 386 g/mol. The van der Waals surface area contributed by atoms with Gasteiger partial charge in [0.05, 0.1) is 13.2 Å². The zero-order valence-corrected chi connectivity index (χ0v) is 17.7. The molecule has 156 valence electrons. The van der Waals surface area contributed by atoms with Gasteiger partial charge in [-0.2, -0.15) is 0 Å². The number of carbonyl (C=O) groups excluding carboxylic acids is 1. The lowest BCUT2D eigenvalue weighted by Gasteiger charge is -2.36. The van der Waals surface area contributed by atoms with Crippen molar-refractivity contribution < 1.29 is 9.53 Å². The predicted molar refractivity (Wildman–Crippen MR) is 124 cm³/mol. The summed E-state index contributed by atoms with van der Waals surface area (Å²) in [7, 11) is 1.62. The summed E-state index contributed by atoms with van der Waals surface area (Å²) in [6.45, 7) is 2.72. The first kappa shape index (κ1) is 19.2. The van der Waals surface area contributed by atoms with Crippen molar-refractivity contribution in [2.45, 2.75) is 19.4 Å². The van der Waals surface area contributed by atoms with Crippen molar-refractivity contribution in [2.75, 3.05) is 19.0 Å². The van der Waals surface area contributed by atoms with Crippen LogP contribution in [0.1, 0.15) is 28.4 Å². The summed E-state index contributed by atoms with van der Waals surface area (Å²) in [5.41, 5.74) is 6.51. The van der Waals surface area contributed by atoms with Crippen LogP contribution in [0.3, 0.4) is 0 Å². The van der Waals surface area contributed by atoms with Gasteiger partial charge in [-0.3, -0.25) is 0 Å². The first-order valence-corrected chi connectivity index (χ1v) is 10.5. The van der Waals surface area contributed by atoms with Crippen LogP contribution in [0, 0.1) is 6.92 Å². The third kappa shape index (κ3) is 3.52. The highest BCUT2D eigenvalue weighted by Gasteiger charge is 2.34. The minimum absolute atomic E-state index is 0.122. The number of methoxy groups -OCH3 is 1. The van der Waals surface area contributed by atoms with Gasteiger partial charge in [-0.25, -0.2) is 4.79 Å². The number of benzene rings is 3. The largest absolute Gasteiger partial charge is 0.497 e.